The molecule has 3 heteroatoms. The Morgan fingerprint density at radius 2 is 2.10 bits per heavy atom. The van der Waals surface area contributed by atoms with Crippen LogP contribution in [0.15, 0.2) is 18.2 Å². The zero-order chi connectivity index (χ0) is 14.5. The largest absolute Gasteiger partial charge is 0.369 e. The Kier molecular flexibility index (Phi) is 5.74. The quantitative estimate of drug-likeness (QED) is 0.753. The number of unbranched alkanes of at least 4 members (excludes halogenated alkanes) is 1. The molecule has 0 radical (unpaired) electrons. The van der Waals surface area contributed by atoms with E-state index in [0.29, 0.717) is 6.04 Å². The minimum atomic E-state index is 0.484. The van der Waals surface area contributed by atoms with Crippen molar-refractivity contribution in [3.05, 3.63) is 28.8 Å². The van der Waals surface area contributed by atoms with Gasteiger partial charge in [0.2, 0.25) is 0 Å². The van der Waals surface area contributed by atoms with Gasteiger partial charge < -0.3 is 10.2 Å². The second-order valence-corrected chi connectivity index (χ2v) is 6.50. The van der Waals surface area contributed by atoms with E-state index in [-0.39, 0.29) is 0 Å². The van der Waals surface area contributed by atoms with Crippen molar-refractivity contribution >= 4 is 17.3 Å². The predicted octanol–water partition coefficient (Wildman–Crippen LogP) is 4.61. The fourth-order valence-corrected chi connectivity index (χ4v) is 2.65. The average Bonchev–Trinajstić information content (AvgIpc) is 3.22. The summed E-state index contributed by atoms with van der Waals surface area (Å²) in [4.78, 5) is 2.54. The van der Waals surface area contributed by atoms with Crippen molar-refractivity contribution in [2.24, 2.45) is 0 Å². The molecule has 0 aliphatic heterocycles. The maximum atomic E-state index is 6.45. The van der Waals surface area contributed by atoms with Gasteiger partial charge in [-0.05, 0) is 37.0 Å². The summed E-state index contributed by atoms with van der Waals surface area (Å²) in [6.07, 6.45) is 5.16. The van der Waals surface area contributed by atoms with Gasteiger partial charge in [0.15, 0.2) is 0 Å². The van der Waals surface area contributed by atoms with E-state index < -0.39 is 0 Å². The fourth-order valence-electron chi connectivity index (χ4n) is 2.41. The molecule has 0 unspecified atom stereocenters. The topological polar surface area (TPSA) is 15.3 Å². The van der Waals surface area contributed by atoms with Gasteiger partial charge in [0, 0.05) is 35.9 Å². The smallest absolute Gasteiger partial charge is 0.0471 e. The van der Waals surface area contributed by atoms with Crippen molar-refractivity contribution < 1.29 is 0 Å². The number of hydrogen-bond donors (Lipinski definition) is 1. The van der Waals surface area contributed by atoms with Gasteiger partial charge in [-0.25, -0.2) is 0 Å². The van der Waals surface area contributed by atoms with Crippen LogP contribution in [0.2, 0.25) is 5.02 Å². The molecule has 1 aromatic carbocycles. The molecule has 1 saturated carbocycles. The van der Waals surface area contributed by atoms with E-state index in [0.717, 1.165) is 24.2 Å². The Labute approximate surface area is 128 Å². The number of benzene rings is 1. The molecule has 0 bridgehead atoms. The summed E-state index contributed by atoms with van der Waals surface area (Å²) >= 11 is 6.45. The lowest BCUT2D eigenvalue weighted by molar-refractivity contribution is 0.589. The van der Waals surface area contributed by atoms with E-state index in [4.69, 9.17) is 11.6 Å². The van der Waals surface area contributed by atoms with Crippen molar-refractivity contribution in [3.8, 4) is 0 Å². The minimum Gasteiger partial charge on any atom is -0.369 e. The highest BCUT2D eigenvalue weighted by Crippen LogP contribution is 2.34. The van der Waals surface area contributed by atoms with E-state index in [1.165, 1.54) is 36.9 Å². The summed E-state index contributed by atoms with van der Waals surface area (Å²) < 4.78 is 0. The number of rotatable bonds is 8. The lowest BCUT2D eigenvalue weighted by Gasteiger charge is -2.25. The third-order valence-corrected chi connectivity index (χ3v) is 4.16. The summed E-state index contributed by atoms with van der Waals surface area (Å²) in [6, 6.07) is 7.79. The molecule has 1 aliphatic rings. The van der Waals surface area contributed by atoms with Gasteiger partial charge >= 0.3 is 0 Å². The van der Waals surface area contributed by atoms with E-state index >= 15 is 0 Å². The van der Waals surface area contributed by atoms with E-state index in [1.54, 1.807) is 0 Å². The molecule has 0 heterocycles. The Morgan fingerprint density at radius 3 is 2.65 bits per heavy atom. The van der Waals surface area contributed by atoms with Crippen molar-refractivity contribution in [1.82, 2.24) is 5.32 Å². The number of halogens is 1. The summed E-state index contributed by atoms with van der Waals surface area (Å²) in [6.45, 7) is 8.55. The second kappa shape index (κ2) is 7.33. The van der Waals surface area contributed by atoms with E-state index in [2.05, 4.69) is 49.2 Å². The van der Waals surface area contributed by atoms with Crippen molar-refractivity contribution in [2.75, 3.05) is 11.4 Å². The van der Waals surface area contributed by atoms with Crippen LogP contribution in [0.1, 0.15) is 52.0 Å². The highest BCUT2D eigenvalue weighted by Gasteiger charge is 2.28. The third kappa shape index (κ3) is 4.39. The van der Waals surface area contributed by atoms with Crippen molar-refractivity contribution in [3.63, 3.8) is 0 Å². The molecule has 0 spiro atoms. The highest BCUT2D eigenvalue weighted by atomic mass is 35.5. The van der Waals surface area contributed by atoms with Crippen LogP contribution in [0.5, 0.6) is 0 Å². The zero-order valence-corrected chi connectivity index (χ0v) is 13.7. The van der Waals surface area contributed by atoms with Crippen LogP contribution in [-0.2, 0) is 6.54 Å². The summed E-state index contributed by atoms with van der Waals surface area (Å²) in [5.74, 6) is 0. The summed E-state index contributed by atoms with van der Waals surface area (Å²) in [5.41, 5.74) is 2.48. The molecule has 0 saturated heterocycles. The molecule has 1 N–H and O–H groups in total. The molecule has 0 atom stereocenters. The van der Waals surface area contributed by atoms with Crippen LogP contribution in [-0.4, -0.2) is 18.6 Å². The third-order valence-electron chi connectivity index (χ3n) is 3.81. The van der Waals surface area contributed by atoms with Gasteiger partial charge in [-0.2, -0.15) is 0 Å². The van der Waals surface area contributed by atoms with Crippen molar-refractivity contribution in [1.29, 1.82) is 0 Å². The molecule has 1 aromatic rings. The van der Waals surface area contributed by atoms with E-state index in [9.17, 15) is 0 Å². The van der Waals surface area contributed by atoms with Crippen LogP contribution >= 0.6 is 11.6 Å². The molecular weight excluding hydrogens is 268 g/mol. The summed E-state index contributed by atoms with van der Waals surface area (Å²) in [5, 5.41) is 4.31. The molecule has 0 amide bonds. The predicted molar refractivity (Wildman–Crippen MR) is 88.7 cm³/mol. The van der Waals surface area contributed by atoms with Crippen molar-refractivity contribution in [2.45, 2.75) is 65.1 Å². The lowest BCUT2D eigenvalue weighted by Crippen LogP contribution is -2.27. The van der Waals surface area contributed by atoms with Gasteiger partial charge in [0.05, 0.1) is 0 Å². The maximum absolute atomic E-state index is 6.45. The van der Waals surface area contributed by atoms with E-state index in [1.807, 2.05) is 0 Å². The minimum absolute atomic E-state index is 0.484. The molecular formula is C17H27ClN2. The van der Waals surface area contributed by atoms with Gasteiger partial charge in [-0.1, -0.05) is 44.9 Å². The zero-order valence-electron chi connectivity index (χ0n) is 13.0. The molecule has 1 fully saturated rings. The SMILES string of the molecule is CCCCN(c1ccc(CNC(C)C)c(Cl)c1)C1CC1. The molecule has 1 aliphatic carbocycles. The fraction of sp³-hybridized carbons (Fsp3) is 0.647. The highest BCUT2D eigenvalue weighted by molar-refractivity contribution is 6.31. The van der Waals surface area contributed by atoms with Crippen LogP contribution < -0.4 is 10.2 Å². The Bertz CT molecular complexity index is 427. The second-order valence-electron chi connectivity index (χ2n) is 6.09. The van der Waals surface area contributed by atoms with Crippen LogP contribution in [0.3, 0.4) is 0 Å². The first-order valence-electron chi connectivity index (χ1n) is 7.90. The summed E-state index contributed by atoms with van der Waals surface area (Å²) in [7, 11) is 0. The number of hydrogen-bond acceptors (Lipinski definition) is 2. The number of nitrogens with zero attached hydrogens (tertiary/aromatic N) is 1. The van der Waals surface area contributed by atoms with Crippen LogP contribution in [0, 0.1) is 0 Å². The van der Waals surface area contributed by atoms with Gasteiger partial charge in [0.25, 0.3) is 0 Å². The number of anilines is 1. The standard InChI is InChI=1S/C17H27ClN2/c1-4-5-10-20(15-8-9-15)16-7-6-14(17(18)11-16)12-19-13(2)3/h6-7,11,13,15,19H,4-5,8-10,12H2,1-3H3. The maximum Gasteiger partial charge on any atom is 0.0471 e. The van der Waals surface area contributed by atoms with Crippen LogP contribution in [0.4, 0.5) is 5.69 Å². The van der Waals surface area contributed by atoms with Gasteiger partial charge in [-0.15, -0.1) is 0 Å². The van der Waals surface area contributed by atoms with Gasteiger partial charge in [0.1, 0.15) is 0 Å². The molecule has 112 valence electrons. The molecule has 2 nitrogen and oxygen atoms in total. The van der Waals surface area contributed by atoms with Crippen LogP contribution in [0.25, 0.3) is 0 Å². The Morgan fingerprint density at radius 1 is 1.35 bits per heavy atom. The average molecular weight is 295 g/mol. The Balaban J connectivity index is 2.05. The first-order valence-corrected chi connectivity index (χ1v) is 8.28. The molecule has 2 rings (SSSR count). The first kappa shape index (κ1) is 15.7. The lowest BCUT2D eigenvalue weighted by atomic mass is 10.1. The molecule has 0 aromatic heterocycles. The number of nitrogens with one attached hydrogen (secondary N) is 1. The normalized spacial score (nSPS) is 14.8. The molecule has 20 heavy (non-hydrogen) atoms. The monoisotopic (exact) mass is 294 g/mol. The Hall–Kier alpha value is -0.730. The first-order chi connectivity index (χ1) is 9.61. The van der Waals surface area contributed by atoms with Gasteiger partial charge in [-0.3, -0.25) is 0 Å².